The van der Waals surface area contributed by atoms with Crippen molar-refractivity contribution in [1.29, 1.82) is 0 Å². The van der Waals surface area contributed by atoms with Crippen LogP contribution in [0.2, 0.25) is 0 Å². The highest BCUT2D eigenvalue weighted by atomic mass is 16.5. The van der Waals surface area contributed by atoms with Crippen LogP contribution in [0.15, 0.2) is 103 Å². The molecule has 0 aliphatic carbocycles. The van der Waals surface area contributed by atoms with E-state index in [4.69, 9.17) is 4.74 Å². The first-order chi connectivity index (χ1) is 15.6. The lowest BCUT2D eigenvalue weighted by Crippen LogP contribution is -2.43. The summed E-state index contributed by atoms with van der Waals surface area (Å²) >= 11 is 0. The average molecular weight is 423 g/mol. The van der Waals surface area contributed by atoms with Crippen LogP contribution in [0.3, 0.4) is 0 Å². The maximum absolute atomic E-state index is 14.1. The Morgan fingerprint density at radius 1 is 0.844 bits per heavy atom. The summed E-state index contributed by atoms with van der Waals surface area (Å²) in [5, 5.41) is 3.11. The highest BCUT2D eigenvalue weighted by Crippen LogP contribution is 2.37. The third-order valence-corrected chi connectivity index (χ3v) is 5.71. The fraction of sp³-hybridized carbons (Fsp3) is 0.143. The maximum Gasteiger partial charge on any atom is 0.239 e. The number of carbonyl (C=O) groups is 1. The third kappa shape index (κ3) is 4.40. The van der Waals surface area contributed by atoms with Crippen LogP contribution in [0.5, 0.6) is 5.88 Å². The van der Waals surface area contributed by atoms with E-state index >= 15 is 0 Å². The molecular formula is C28H26N2O2. The summed E-state index contributed by atoms with van der Waals surface area (Å²) in [7, 11) is 1.57. The number of nitrogens with one attached hydrogen (secondary N) is 1. The van der Waals surface area contributed by atoms with Gasteiger partial charge in [-0.05, 0) is 36.1 Å². The monoisotopic (exact) mass is 422 g/mol. The number of aromatic nitrogens is 1. The third-order valence-electron chi connectivity index (χ3n) is 5.71. The highest BCUT2D eigenvalue weighted by Gasteiger charge is 2.42. The second-order valence-corrected chi connectivity index (χ2v) is 7.84. The van der Waals surface area contributed by atoms with Gasteiger partial charge >= 0.3 is 0 Å². The van der Waals surface area contributed by atoms with E-state index < -0.39 is 5.41 Å². The van der Waals surface area contributed by atoms with Crippen LogP contribution in [0.1, 0.15) is 22.3 Å². The first-order valence-electron chi connectivity index (χ1n) is 10.6. The van der Waals surface area contributed by atoms with Gasteiger partial charge in [-0.1, -0.05) is 90.5 Å². The van der Waals surface area contributed by atoms with E-state index in [1.165, 1.54) is 5.56 Å². The van der Waals surface area contributed by atoms with Gasteiger partial charge < -0.3 is 10.1 Å². The normalized spacial score (nSPS) is 11.1. The van der Waals surface area contributed by atoms with Gasteiger partial charge in [0, 0.05) is 6.07 Å². The van der Waals surface area contributed by atoms with Crippen molar-refractivity contribution < 1.29 is 9.53 Å². The van der Waals surface area contributed by atoms with Gasteiger partial charge in [0.2, 0.25) is 11.8 Å². The van der Waals surface area contributed by atoms with Gasteiger partial charge in [-0.25, -0.2) is 4.98 Å². The minimum atomic E-state index is -0.919. The topological polar surface area (TPSA) is 51.2 Å². The Morgan fingerprint density at radius 3 is 1.94 bits per heavy atom. The van der Waals surface area contributed by atoms with E-state index in [2.05, 4.69) is 41.5 Å². The van der Waals surface area contributed by atoms with Crippen molar-refractivity contribution in [2.24, 2.45) is 0 Å². The lowest BCUT2D eigenvalue weighted by Gasteiger charge is -2.34. The molecule has 4 rings (SSSR count). The molecule has 0 atom stereocenters. The molecule has 0 saturated carbocycles. The average Bonchev–Trinajstić information content (AvgIpc) is 2.85. The number of pyridine rings is 1. The minimum absolute atomic E-state index is 0.109. The number of amides is 1. The van der Waals surface area contributed by atoms with Crippen LogP contribution < -0.4 is 10.1 Å². The van der Waals surface area contributed by atoms with Crippen LogP contribution in [-0.2, 0) is 16.6 Å². The minimum Gasteiger partial charge on any atom is -0.481 e. The lowest BCUT2D eigenvalue weighted by molar-refractivity contribution is -0.120. The number of hydrogen-bond donors (Lipinski definition) is 1. The van der Waals surface area contributed by atoms with E-state index in [0.29, 0.717) is 18.0 Å². The zero-order valence-corrected chi connectivity index (χ0v) is 18.3. The number of nitrogens with zero attached hydrogens (tertiary/aromatic N) is 1. The number of methoxy groups -OCH3 is 1. The van der Waals surface area contributed by atoms with E-state index in [-0.39, 0.29) is 5.91 Å². The van der Waals surface area contributed by atoms with Crippen molar-refractivity contribution in [1.82, 2.24) is 4.98 Å². The number of aryl methyl sites for hydroxylation is 1. The van der Waals surface area contributed by atoms with Crippen molar-refractivity contribution >= 4 is 11.6 Å². The molecule has 1 heterocycles. The van der Waals surface area contributed by atoms with Gasteiger partial charge in [0.1, 0.15) is 5.41 Å². The van der Waals surface area contributed by atoms with Crippen molar-refractivity contribution in [2.75, 3.05) is 12.4 Å². The Labute approximate surface area is 188 Å². The van der Waals surface area contributed by atoms with Crippen molar-refractivity contribution in [2.45, 2.75) is 18.8 Å². The second kappa shape index (κ2) is 9.48. The van der Waals surface area contributed by atoms with Crippen molar-refractivity contribution in [3.63, 3.8) is 0 Å². The number of benzene rings is 3. The summed E-state index contributed by atoms with van der Waals surface area (Å²) in [5.74, 6) is 0.391. The predicted molar refractivity (Wildman–Crippen MR) is 128 cm³/mol. The zero-order chi connectivity index (χ0) is 22.4. The van der Waals surface area contributed by atoms with Crippen molar-refractivity contribution in [3.8, 4) is 5.88 Å². The molecule has 0 unspecified atom stereocenters. The van der Waals surface area contributed by atoms with Crippen LogP contribution in [0.4, 0.5) is 5.69 Å². The largest absolute Gasteiger partial charge is 0.481 e. The number of hydrogen-bond acceptors (Lipinski definition) is 3. The fourth-order valence-electron chi connectivity index (χ4n) is 3.98. The smallest absolute Gasteiger partial charge is 0.239 e. The molecular weight excluding hydrogens is 396 g/mol. The summed E-state index contributed by atoms with van der Waals surface area (Å²) in [6.45, 7) is 2.06. The molecule has 32 heavy (non-hydrogen) atoms. The van der Waals surface area contributed by atoms with E-state index in [1.54, 1.807) is 25.4 Å². The lowest BCUT2D eigenvalue weighted by atomic mass is 9.69. The Hall–Kier alpha value is -3.92. The summed E-state index contributed by atoms with van der Waals surface area (Å²) in [5.41, 5.74) is 3.85. The molecule has 0 aliphatic rings. The quantitative estimate of drug-likeness (QED) is 0.424. The van der Waals surface area contributed by atoms with Gasteiger partial charge in [-0.2, -0.15) is 0 Å². The Balaban J connectivity index is 1.84. The zero-order valence-electron chi connectivity index (χ0n) is 18.3. The maximum atomic E-state index is 14.1. The molecule has 0 fully saturated rings. The summed E-state index contributed by atoms with van der Waals surface area (Å²) < 4.78 is 5.14. The van der Waals surface area contributed by atoms with E-state index in [1.807, 2.05) is 60.7 Å². The van der Waals surface area contributed by atoms with E-state index in [0.717, 1.165) is 16.7 Å². The number of carbonyl (C=O) groups excluding carboxylic acids is 1. The molecule has 160 valence electrons. The molecule has 0 bridgehead atoms. The Kier molecular flexibility index (Phi) is 6.31. The second-order valence-electron chi connectivity index (χ2n) is 7.84. The SMILES string of the molecule is COc1ccc(NC(=O)C(Cc2ccc(C)cc2)(c2ccccc2)c2ccccc2)cn1. The molecule has 1 N–H and O–H groups in total. The number of ether oxygens (including phenoxy) is 1. The number of rotatable bonds is 7. The number of anilines is 1. The predicted octanol–water partition coefficient (Wildman–Crippen LogP) is 5.57. The molecule has 0 saturated heterocycles. The van der Waals surface area contributed by atoms with Gasteiger partial charge in [0.25, 0.3) is 0 Å². The molecule has 4 heteroatoms. The molecule has 0 spiro atoms. The molecule has 0 aliphatic heterocycles. The summed E-state index contributed by atoms with van der Waals surface area (Å²) in [4.78, 5) is 18.3. The van der Waals surface area contributed by atoms with Crippen LogP contribution in [0.25, 0.3) is 0 Å². The molecule has 4 aromatic rings. The summed E-state index contributed by atoms with van der Waals surface area (Å²) in [6.07, 6.45) is 2.14. The van der Waals surface area contributed by atoms with Crippen LogP contribution in [0, 0.1) is 6.92 Å². The van der Waals surface area contributed by atoms with Crippen molar-refractivity contribution in [3.05, 3.63) is 126 Å². The van der Waals surface area contributed by atoms with E-state index in [9.17, 15) is 4.79 Å². The highest BCUT2D eigenvalue weighted by molar-refractivity contribution is 6.02. The molecule has 3 aromatic carbocycles. The van der Waals surface area contributed by atoms with Gasteiger partial charge in [-0.15, -0.1) is 0 Å². The first-order valence-corrected chi connectivity index (χ1v) is 10.6. The molecule has 4 nitrogen and oxygen atoms in total. The van der Waals surface area contributed by atoms with Crippen LogP contribution in [-0.4, -0.2) is 18.0 Å². The Morgan fingerprint density at radius 2 is 1.44 bits per heavy atom. The standard InChI is InChI=1S/C28H26N2O2/c1-21-13-15-22(16-14-21)19-28(23-9-5-3-6-10-23,24-11-7-4-8-12-24)27(31)30-25-17-18-26(32-2)29-20-25/h3-18,20H,19H2,1-2H3,(H,30,31). The molecule has 0 radical (unpaired) electrons. The van der Waals surface area contributed by atoms with Gasteiger partial charge in [0.05, 0.1) is 19.0 Å². The Bertz CT molecular complexity index is 1120. The first kappa shape index (κ1) is 21.3. The fourth-order valence-corrected chi connectivity index (χ4v) is 3.98. The molecule has 1 aromatic heterocycles. The van der Waals surface area contributed by atoms with Gasteiger partial charge in [-0.3, -0.25) is 4.79 Å². The van der Waals surface area contributed by atoms with Gasteiger partial charge in [0.15, 0.2) is 0 Å². The van der Waals surface area contributed by atoms with Crippen LogP contribution >= 0.6 is 0 Å². The molecule has 1 amide bonds. The summed E-state index contributed by atoms with van der Waals surface area (Å²) in [6, 6.07) is 31.8.